The topological polar surface area (TPSA) is 49.0 Å². The van der Waals surface area contributed by atoms with Gasteiger partial charge in [-0.2, -0.15) is 0 Å². The zero-order valence-corrected chi connectivity index (χ0v) is 14.3. The Morgan fingerprint density at radius 1 is 1.35 bits per heavy atom. The molecule has 1 saturated heterocycles. The van der Waals surface area contributed by atoms with Crippen molar-refractivity contribution in [1.82, 2.24) is 14.9 Å². The highest BCUT2D eigenvalue weighted by Gasteiger charge is 2.29. The van der Waals surface area contributed by atoms with Gasteiger partial charge in [0.25, 0.3) is 0 Å². The van der Waals surface area contributed by atoms with Crippen molar-refractivity contribution in [2.24, 2.45) is 0 Å². The maximum atomic E-state index is 12.7. The summed E-state index contributed by atoms with van der Waals surface area (Å²) in [7, 11) is 0. The third-order valence-corrected chi connectivity index (χ3v) is 4.87. The van der Waals surface area contributed by atoms with E-state index in [0.29, 0.717) is 22.9 Å². The van der Waals surface area contributed by atoms with Crippen molar-refractivity contribution in [3.63, 3.8) is 0 Å². The number of H-pyrrole nitrogens is 1. The van der Waals surface area contributed by atoms with E-state index in [1.165, 1.54) is 0 Å². The van der Waals surface area contributed by atoms with Crippen molar-refractivity contribution >= 4 is 29.1 Å². The van der Waals surface area contributed by atoms with Gasteiger partial charge in [-0.15, -0.1) is 0 Å². The minimum absolute atomic E-state index is 0.0620. The molecule has 4 nitrogen and oxygen atoms in total. The van der Waals surface area contributed by atoms with Crippen LogP contribution in [-0.4, -0.2) is 27.3 Å². The van der Waals surface area contributed by atoms with Gasteiger partial charge in [-0.1, -0.05) is 29.3 Å². The van der Waals surface area contributed by atoms with Gasteiger partial charge in [-0.25, -0.2) is 4.98 Å². The Balaban J connectivity index is 1.66. The molecule has 6 heteroatoms. The molecule has 1 aromatic heterocycles. The zero-order chi connectivity index (χ0) is 16.2. The first-order chi connectivity index (χ1) is 11.1. The smallest absolute Gasteiger partial charge is 0.223 e. The lowest BCUT2D eigenvalue weighted by atomic mass is 10.00. The number of halogens is 2. The Morgan fingerprint density at radius 2 is 2.22 bits per heavy atom. The van der Waals surface area contributed by atoms with Crippen molar-refractivity contribution in [2.75, 3.05) is 6.54 Å². The number of hydrogen-bond acceptors (Lipinski definition) is 2. The molecule has 1 aliphatic heterocycles. The summed E-state index contributed by atoms with van der Waals surface area (Å²) in [5, 5.41) is 1.23. The number of aryl methyl sites for hydroxylation is 1. The van der Waals surface area contributed by atoms with Crippen LogP contribution in [0, 0.1) is 0 Å². The monoisotopic (exact) mass is 351 g/mol. The first kappa shape index (κ1) is 16.3. The molecule has 0 unspecified atom stereocenters. The number of carbonyl (C=O) groups is 1. The normalized spacial score (nSPS) is 18.2. The van der Waals surface area contributed by atoms with Crippen LogP contribution in [0.15, 0.2) is 30.6 Å². The molecule has 0 bridgehead atoms. The molecule has 1 N–H and O–H groups in total. The molecule has 0 spiro atoms. The van der Waals surface area contributed by atoms with Crippen LogP contribution in [0.4, 0.5) is 0 Å². The summed E-state index contributed by atoms with van der Waals surface area (Å²) in [4.78, 5) is 22.1. The number of imidazole rings is 1. The van der Waals surface area contributed by atoms with Gasteiger partial charge in [0.1, 0.15) is 5.82 Å². The van der Waals surface area contributed by atoms with Crippen molar-refractivity contribution in [2.45, 2.75) is 38.1 Å². The van der Waals surface area contributed by atoms with E-state index in [1.807, 2.05) is 11.0 Å². The van der Waals surface area contributed by atoms with Crippen LogP contribution in [-0.2, 0) is 11.2 Å². The van der Waals surface area contributed by atoms with Gasteiger partial charge in [0.2, 0.25) is 5.91 Å². The summed E-state index contributed by atoms with van der Waals surface area (Å²) in [5.74, 6) is 1.03. The molecule has 122 valence electrons. The summed E-state index contributed by atoms with van der Waals surface area (Å²) in [6.45, 7) is 0.790. The van der Waals surface area contributed by atoms with Crippen LogP contribution >= 0.6 is 23.2 Å². The predicted octanol–water partition coefficient (Wildman–Crippen LogP) is 4.40. The van der Waals surface area contributed by atoms with Gasteiger partial charge in [0.05, 0.1) is 6.04 Å². The van der Waals surface area contributed by atoms with E-state index < -0.39 is 0 Å². The van der Waals surface area contributed by atoms with Crippen LogP contribution in [0.3, 0.4) is 0 Å². The zero-order valence-electron chi connectivity index (χ0n) is 12.8. The Bertz CT molecular complexity index is 672. The van der Waals surface area contributed by atoms with Crippen molar-refractivity contribution in [3.8, 4) is 0 Å². The fraction of sp³-hybridized carbons (Fsp3) is 0.412. The third-order valence-electron chi connectivity index (χ3n) is 4.28. The number of nitrogens with zero attached hydrogens (tertiary/aromatic N) is 2. The highest BCUT2D eigenvalue weighted by Crippen LogP contribution is 2.30. The van der Waals surface area contributed by atoms with Crippen LogP contribution in [0.5, 0.6) is 0 Å². The van der Waals surface area contributed by atoms with Gasteiger partial charge >= 0.3 is 0 Å². The number of carbonyl (C=O) groups excluding carboxylic acids is 1. The second kappa shape index (κ2) is 7.37. The molecule has 1 amide bonds. The Hall–Kier alpha value is -1.52. The average molecular weight is 352 g/mol. The molecule has 2 aromatic rings. The average Bonchev–Trinajstić information content (AvgIpc) is 3.08. The first-order valence-corrected chi connectivity index (χ1v) is 8.63. The van der Waals surface area contributed by atoms with E-state index >= 15 is 0 Å². The minimum Gasteiger partial charge on any atom is -0.347 e. The maximum Gasteiger partial charge on any atom is 0.223 e. The third kappa shape index (κ3) is 3.88. The number of aromatic nitrogens is 2. The maximum absolute atomic E-state index is 12.7. The standard InChI is InChI=1S/C17H19Cl2N3O/c18-13-6-4-12(14(19)11-13)5-7-16(23)22-10-2-1-3-15(22)17-20-8-9-21-17/h4,6,8-9,11,15H,1-3,5,7,10H2,(H,20,21)/t15-/m0/s1. The molecule has 0 saturated carbocycles. The van der Waals surface area contributed by atoms with Crippen LogP contribution in [0.1, 0.15) is 43.1 Å². The molecular formula is C17H19Cl2N3O. The molecule has 0 radical (unpaired) electrons. The highest BCUT2D eigenvalue weighted by molar-refractivity contribution is 6.35. The van der Waals surface area contributed by atoms with E-state index in [2.05, 4.69) is 9.97 Å². The minimum atomic E-state index is 0.0620. The Labute approximate surface area is 145 Å². The van der Waals surface area contributed by atoms with E-state index in [4.69, 9.17) is 23.2 Å². The lowest BCUT2D eigenvalue weighted by Gasteiger charge is -2.34. The van der Waals surface area contributed by atoms with Crippen molar-refractivity contribution in [1.29, 1.82) is 0 Å². The van der Waals surface area contributed by atoms with Gasteiger partial charge in [-0.3, -0.25) is 4.79 Å². The van der Waals surface area contributed by atoms with Gasteiger partial charge in [0.15, 0.2) is 0 Å². The first-order valence-electron chi connectivity index (χ1n) is 7.88. The molecule has 2 heterocycles. The molecule has 1 aliphatic rings. The molecular weight excluding hydrogens is 333 g/mol. The van der Waals surface area contributed by atoms with E-state index in [9.17, 15) is 4.79 Å². The summed E-state index contributed by atoms with van der Waals surface area (Å²) in [6.07, 6.45) is 7.73. The number of aromatic amines is 1. The predicted molar refractivity (Wildman–Crippen MR) is 91.7 cm³/mol. The SMILES string of the molecule is O=C(CCc1ccc(Cl)cc1Cl)N1CCCC[C@H]1c1ncc[nH]1. The van der Waals surface area contributed by atoms with Crippen LogP contribution in [0.2, 0.25) is 10.0 Å². The van der Waals surface area contributed by atoms with Gasteiger partial charge in [-0.05, 0) is 43.4 Å². The van der Waals surface area contributed by atoms with E-state index in [0.717, 1.165) is 37.2 Å². The fourth-order valence-electron chi connectivity index (χ4n) is 3.08. The van der Waals surface area contributed by atoms with Crippen LogP contribution < -0.4 is 0 Å². The van der Waals surface area contributed by atoms with Crippen LogP contribution in [0.25, 0.3) is 0 Å². The summed E-state index contributed by atoms with van der Waals surface area (Å²) >= 11 is 12.1. The number of piperidine rings is 1. The molecule has 1 aromatic carbocycles. The molecule has 1 fully saturated rings. The highest BCUT2D eigenvalue weighted by atomic mass is 35.5. The molecule has 3 rings (SSSR count). The summed E-state index contributed by atoms with van der Waals surface area (Å²) in [5.41, 5.74) is 0.955. The van der Waals surface area contributed by atoms with E-state index in [-0.39, 0.29) is 11.9 Å². The Morgan fingerprint density at radius 3 is 2.96 bits per heavy atom. The second-order valence-corrected chi connectivity index (χ2v) is 6.65. The number of nitrogens with one attached hydrogen (secondary N) is 1. The number of rotatable bonds is 4. The lowest BCUT2D eigenvalue weighted by molar-refractivity contribution is -0.135. The molecule has 0 aliphatic carbocycles. The van der Waals surface area contributed by atoms with Crippen molar-refractivity contribution < 1.29 is 4.79 Å². The lowest BCUT2D eigenvalue weighted by Crippen LogP contribution is -2.39. The quantitative estimate of drug-likeness (QED) is 0.886. The summed E-state index contributed by atoms with van der Waals surface area (Å²) in [6, 6.07) is 5.47. The number of hydrogen-bond donors (Lipinski definition) is 1. The number of likely N-dealkylation sites (tertiary alicyclic amines) is 1. The second-order valence-electron chi connectivity index (χ2n) is 5.81. The summed E-state index contributed by atoms with van der Waals surface area (Å²) < 4.78 is 0. The van der Waals surface area contributed by atoms with Gasteiger partial charge < -0.3 is 9.88 Å². The van der Waals surface area contributed by atoms with Crippen molar-refractivity contribution in [3.05, 3.63) is 52.0 Å². The molecule has 23 heavy (non-hydrogen) atoms. The van der Waals surface area contributed by atoms with Gasteiger partial charge in [0, 0.05) is 35.4 Å². The molecule has 1 atom stereocenters. The number of amides is 1. The Kier molecular flexibility index (Phi) is 5.23. The van der Waals surface area contributed by atoms with E-state index in [1.54, 1.807) is 24.5 Å². The fourth-order valence-corrected chi connectivity index (χ4v) is 3.59. The number of benzene rings is 1. The largest absolute Gasteiger partial charge is 0.347 e.